The number of ether oxygens (including phenoxy) is 1. The number of halogens is 1. The molecule has 4 heteroatoms. The van der Waals surface area contributed by atoms with Crippen molar-refractivity contribution in [1.82, 2.24) is 9.38 Å². The van der Waals surface area contributed by atoms with E-state index in [4.69, 9.17) is 16.3 Å². The summed E-state index contributed by atoms with van der Waals surface area (Å²) in [5.74, 6) is 0.655. The van der Waals surface area contributed by atoms with Crippen LogP contribution in [0.2, 0.25) is 5.02 Å². The number of methoxy groups -OCH3 is 1. The summed E-state index contributed by atoms with van der Waals surface area (Å²) >= 11 is 5.88. The van der Waals surface area contributed by atoms with Gasteiger partial charge in [0.25, 0.3) is 0 Å². The van der Waals surface area contributed by atoms with Crippen LogP contribution >= 0.6 is 11.6 Å². The van der Waals surface area contributed by atoms with E-state index in [9.17, 15) is 0 Å². The molecule has 0 aromatic carbocycles. The van der Waals surface area contributed by atoms with Crippen LogP contribution in [0.25, 0.3) is 5.65 Å². The molecule has 2 rings (SSSR count). The van der Waals surface area contributed by atoms with Crippen molar-refractivity contribution in [2.75, 3.05) is 7.11 Å². The summed E-state index contributed by atoms with van der Waals surface area (Å²) in [7, 11) is 1.59. The Labute approximate surface area is 74.6 Å². The number of hydrogen-bond acceptors (Lipinski definition) is 2. The Morgan fingerprint density at radius 2 is 2.42 bits per heavy atom. The molecule has 0 unspecified atom stereocenters. The fourth-order valence-corrected chi connectivity index (χ4v) is 1.29. The fourth-order valence-electron chi connectivity index (χ4n) is 1.07. The Balaban J connectivity index is 2.73. The highest BCUT2D eigenvalue weighted by Crippen LogP contribution is 2.24. The second-order valence-electron chi connectivity index (χ2n) is 2.38. The Bertz CT molecular complexity index is 410. The van der Waals surface area contributed by atoms with Crippen molar-refractivity contribution in [3.63, 3.8) is 0 Å². The predicted octanol–water partition coefficient (Wildman–Crippen LogP) is 2.00. The van der Waals surface area contributed by atoms with E-state index < -0.39 is 0 Å². The van der Waals surface area contributed by atoms with Crippen molar-refractivity contribution >= 4 is 17.2 Å². The average molecular weight is 183 g/mol. The van der Waals surface area contributed by atoms with Gasteiger partial charge in [0, 0.05) is 18.5 Å². The van der Waals surface area contributed by atoms with E-state index in [2.05, 4.69) is 4.98 Å². The first kappa shape index (κ1) is 7.43. The SMILES string of the molecule is COc1cn2ccnc2cc1Cl. The third-order valence-corrected chi connectivity index (χ3v) is 1.96. The van der Waals surface area contributed by atoms with Gasteiger partial charge in [-0.15, -0.1) is 0 Å². The summed E-state index contributed by atoms with van der Waals surface area (Å²) in [6.07, 6.45) is 5.35. The van der Waals surface area contributed by atoms with Crippen LogP contribution in [0.15, 0.2) is 24.7 Å². The Morgan fingerprint density at radius 3 is 3.17 bits per heavy atom. The highest BCUT2D eigenvalue weighted by molar-refractivity contribution is 6.32. The minimum Gasteiger partial charge on any atom is -0.494 e. The fraction of sp³-hybridized carbons (Fsp3) is 0.125. The molecular weight excluding hydrogens is 176 g/mol. The summed E-state index contributed by atoms with van der Waals surface area (Å²) in [5.41, 5.74) is 0.820. The quantitative estimate of drug-likeness (QED) is 0.675. The monoisotopic (exact) mass is 182 g/mol. The minimum absolute atomic E-state index is 0.580. The number of pyridine rings is 1. The smallest absolute Gasteiger partial charge is 0.154 e. The van der Waals surface area contributed by atoms with Gasteiger partial charge >= 0.3 is 0 Å². The van der Waals surface area contributed by atoms with Crippen molar-refractivity contribution in [3.05, 3.63) is 29.7 Å². The summed E-state index contributed by atoms with van der Waals surface area (Å²) in [6, 6.07) is 1.76. The Hall–Kier alpha value is -1.22. The molecule has 0 N–H and O–H groups in total. The molecule has 0 radical (unpaired) electrons. The van der Waals surface area contributed by atoms with Gasteiger partial charge in [-0.2, -0.15) is 0 Å². The molecular formula is C8H7ClN2O. The third kappa shape index (κ3) is 1.02. The maximum absolute atomic E-state index is 5.88. The molecule has 0 spiro atoms. The predicted molar refractivity (Wildman–Crippen MR) is 46.8 cm³/mol. The van der Waals surface area contributed by atoms with Gasteiger partial charge in [0.2, 0.25) is 0 Å². The molecule has 0 aliphatic rings. The van der Waals surface area contributed by atoms with Crippen molar-refractivity contribution < 1.29 is 4.74 Å². The zero-order chi connectivity index (χ0) is 8.55. The van der Waals surface area contributed by atoms with Gasteiger partial charge < -0.3 is 9.14 Å². The van der Waals surface area contributed by atoms with Crippen LogP contribution in [0, 0.1) is 0 Å². The van der Waals surface area contributed by atoms with Crippen LogP contribution in [-0.2, 0) is 0 Å². The lowest BCUT2D eigenvalue weighted by molar-refractivity contribution is 0.412. The highest BCUT2D eigenvalue weighted by Gasteiger charge is 2.02. The molecule has 0 saturated heterocycles. The molecule has 12 heavy (non-hydrogen) atoms. The molecule has 2 heterocycles. The van der Waals surface area contributed by atoms with Crippen LogP contribution in [0.4, 0.5) is 0 Å². The van der Waals surface area contributed by atoms with Gasteiger partial charge in [0.15, 0.2) is 5.75 Å². The highest BCUT2D eigenvalue weighted by atomic mass is 35.5. The maximum atomic E-state index is 5.88. The van der Waals surface area contributed by atoms with Crippen LogP contribution in [0.1, 0.15) is 0 Å². The second kappa shape index (κ2) is 2.68. The molecule has 2 aromatic rings. The first-order chi connectivity index (χ1) is 5.81. The Morgan fingerprint density at radius 1 is 1.58 bits per heavy atom. The number of aromatic nitrogens is 2. The Kier molecular flexibility index (Phi) is 1.66. The lowest BCUT2D eigenvalue weighted by Crippen LogP contribution is -1.89. The molecule has 62 valence electrons. The minimum atomic E-state index is 0.580. The maximum Gasteiger partial charge on any atom is 0.154 e. The zero-order valence-electron chi connectivity index (χ0n) is 6.49. The van der Waals surface area contributed by atoms with Crippen molar-refractivity contribution in [3.8, 4) is 5.75 Å². The number of hydrogen-bond donors (Lipinski definition) is 0. The molecule has 0 saturated carbocycles. The van der Waals surface area contributed by atoms with Gasteiger partial charge in [-0.05, 0) is 0 Å². The number of rotatable bonds is 1. The van der Waals surface area contributed by atoms with E-state index in [-0.39, 0.29) is 0 Å². The number of fused-ring (bicyclic) bond motifs is 1. The van der Waals surface area contributed by atoms with Gasteiger partial charge in [-0.1, -0.05) is 11.6 Å². The van der Waals surface area contributed by atoms with Crippen LogP contribution in [0.3, 0.4) is 0 Å². The normalized spacial score (nSPS) is 10.5. The first-order valence-electron chi connectivity index (χ1n) is 3.47. The van der Waals surface area contributed by atoms with Gasteiger partial charge in [-0.3, -0.25) is 0 Å². The lowest BCUT2D eigenvalue weighted by atomic mass is 10.4. The van der Waals surface area contributed by atoms with Crippen molar-refractivity contribution in [2.45, 2.75) is 0 Å². The molecule has 0 aliphatic carbocycles. The van der Waals surface area contributed by atoms with Gasteiger partial charge in [-0.25, -0.2) is 4.98 Å². The van der Waals surface area contributed by atoms with E-state index in [1.807, 2.05) is 10.6 Å². The molecule has 0 bridgehead atoms. The van der Waals surface area contributed by atoms with Crippen LogP contribution in [0.5, 0.6) is 5.75 Å². The summed E-state index contributed by atoms with van der Waals surface area (Å²) < 4.78 is 6.89. The summed E-state index contributed by atoms with van der Waals surface area (Å²) in [4.78, 5) is 4.08. The van der Waals surface area contributed by atoms with Crippen molar-refractivity contribution in [2.24, 2.45) is 0 Å². The van der Waals surface area contributed by atoms with Gasteiger partial charge in [0.1, 0.15) is 5.65 Å². The molecule has 0 amide bonds. The summed E-state index contributed by atoms with van der Waals surface area (Å²) in [5, 5.41) is 0.580. The van der Waals surface area contributed by atoms with E-state index >= 15 is 0 Å². The second-order valence-corrected chi connectivity index (χ2v) is 2.79. The molecule has 2 aromatic heterocycles. The topological polar surface area (TPSA) is 26.5 Å². The zero-order valence-corrected chi connectivity index (χ0v) is 7.25. The third-order valence-electron chi connectivity index (χ3n) is 1.67. The van der Waals surface area contributed by atoms with Crippen molar-refractivity contribution in [1.29, 1.82) is 0 Å². The van der Waals surface area contributed by atoms with Crippen LogP contribution in [-0.4, -0.2) is 16.5 Å². The lowest BCUT2D eigenvalue weighted by Gasteiger charge is -2.02. The van der Waals surface area contributed by atoms with E-state index in [0.29, 0.717) is 10.8 Å². The van der Waals surface area contributed by atoms with E-state index in [1.54, 1.807) is 25.6 Å². The summed E-state index contributed by atoms with van der Waals surface area (Å²) in [6.45, 7) is 0. The standard InChI is InChI=1S/C8H7ClN2O/c1-12-7-5-11-3-2-10-8(11)4-6(7)9/h2-5H,1H3. The number of imidazole rings is 1. The molecule has 0 aliphatic heterocycles. The van der Waals surface area contributed by atoms with E-state index in [1.165, 1.54) is 0 Å². The first-order valence-corrected chi connectivity index (χ1v) is 3.85. The average Bonchev–Trinajstić information content (AvgIpc) is 2.49. The van der Waals surface area contributed by atoms with E-state index in [0.717, 1.165) is 5.65 Å². The molecule has 0 fully saturated rings. The number of nitrogens with zero attached hydrogens (tertiary/aromatic N) is 2. The van der Waals surface area contributed by atoms with Gasteiger partial charge in [0.05, 0.1) is 18.3 Å². The largest absolute Gasteiger partial charge is 0.494 e. The van der Waals surface area contributed by atoms with Crippen LogP contribution < -0.4 is 4.74 Å². The molecule has 3 nitrogen and oxygen atoms in total. The molecule has 0 atom stereocenters.